The Balaban J connectivity index is 1.15. The summed E-state index contributed by atoms with van der Waals surface area (Å²) in [6.07, 6.45) is 0. The van der Waals surface area contributed by atoms with Crippen LogP contribution in [0.4, 0.5) is 68.2 Å². The fourth-order valence-electron chi connectivity index (χ4n) is 13.5. The summed E-state index contributed by atoms with van der Waals surface area (Å²) in [5.74, 6) is 0. The highest BCUT2D eigenvalue weighted by atomic mass is 32.1. The van der Waals surface area contributed by atoms with Gasteiger partial charge in [-0.2, -0.15) is 0 Å². The molecule has 90 heavy (non-hydrogen) atoms. The molecule has 2 aliphatic heterocycles. The second-order valence-corrected chi connectivity index (χ2v) is 29.8. The molecule has 6 heteroatoms. The van der Waals surface area contributed by atoms with E-state index in [0.29, 0.717) is 0 Å². The van der Waals surface area contributed by atoms with Crippen LogP contribution in [0.1, 0.15) is 105 Å². The Morgan fingerprint density at radius 2 is 0.733 bits per heavy atom. The summed E-state index contributed by atoms with van der Waals surface area (Å²) in [5.41, 5.74) is 25.5. The molecule has 3 heterocycles. The van der Waals surface area contributed by atoms with Crippen LogP contribution in [0.25, 0.3) is 31.7 Å². The molecule has 0 unspecified atom stereocenters. The standard InChI is InChI=1S/C84H79BN4S/c1-81(2,3)58-36-42-64(43-37-58)87(65-44-38-59(39-45-65)82(4,5)6)67-54-76-80-77(55-67)89(73-48-40-60(83(7,8)9)51-69(73)56-26-16-13-17-27-56)75-53-66(86(62-29-18-14-19-30-62)63-31-20-15-21-32-63)46-47-70(75)85(80)71-52-61(84(10,11)12)41-49-74(71)88(76)72-34-24-23-33-68(72)79-50-57-28-22-25-35-78(57)90-79/h13-55H,1-12H3. The fourth-order valence-corrected chi connectivity index (χ4v) is 14.6. The lowest BCUT2D eigenvalue weighted by Crippen LogP contribution is -2.61. The molecule has 0 radical (unpaired) electrons. The van der Waals surface area contributed by atoms with Crippen LogP contribution in [0, 0.1) is 0 Å². The van der Waals surface area contributed by atoms with E-state index >= 15 is 0 Å². The zero-order valence-electron chi connectivity index (χ0n) is 54.1. The predicted octanol–water partition coefficient (Wildman–Crippen LogP) is 22.4. The van der Waals surface area contributed by atoms with Crippen molar-refractivity contribution in [2.45, 2.75) is 105 Å². The minimum atomic E-state index is -0.170. The first kappa shape index (κ1) is 58.3. The number of hydrogen-bond donors (Lipinski definition) is 0. The van der Waals surface area contributed by atoms with Gasteiger partial charge in [0, 0.05) is 71.9 Å². The maximum atomic E-state index is 2.65. The number of thiophene rings is 1. The van der Waals surface area contributed by atoms with E-state index in [1.54, 1.807) is 0 Å². The van der Waals surface area contributed by atoms with Crippen LogP contribution >= 0.6 is 11.3 Å². The minimum absolute atomic E-state index is 0.0341. The van der Waals surface area contributed by atoms with Crippen molar-refractivity contribution in [3.63, 3.8) is 0 Å². The Morgan fingerprint density at radius 3 is 1.30 bits per heavy atom. The smallest absolute Gasteiger partial charge is 0.252 e. The third-order valence-corrected chi connectivity index (χ3v) is 19.6. The average molecular weight is 1190 g/mol. The van der Waals surface area contributed by atoms with E-state index in [9.17, 15) is 0 Å². The van der Waals surface area contributed by atoms with Crippen molar-refractivity contribution in [1.29, 1.82) is 0 Å². The highest BCUT2D eigenvalue weighted by Gasteiger charge is 2.46. The number of para-hydroxylation sites is 3. The number of hydrogen-bond acceptors (Lipinski definition) is 5. The van der Waals surface area contributed by atoms with Gasteiger partial charge in [0.1, 0.15) is 0 Å². The van der Waals surface area contributed by atoms with Crippen molar-refractivity contribution in [1.82, 2.24) is 0 Å². The van der Waals surface area contributed by atoms with Gasteiger partial charge >= 0.3 is 0 Å². The van der Waals surface area contributed by atoms with Crippen molar-refractivity contribution >= 4 is 113 Å². The molecule has 444 valence electrons. The van der Waals surface area contributed by atoms with Gasteiger partial charge in [-0.3, -0.25) is 0 Å². The summed E-state index contributed by atoms with van der Waals surface area (Å²) in [6.45, 7) is 27.7. The summed E-state index contributed by atoms with van der Waals surface area (Å²) < 4.78 is 1.28. The quantitative estimate of drug-likeness (QED) is 0.127. The Kier molecular flexibility index (Phi) is 14.5. The van der Waals surface area contributed by atoms with Crippen LogP contribution in [-0.4, -0.2) is 6.71 Å². The lowest BCUT2D eigenvalue weighted by atomic mass is 9.33. The van der Waals surface area contributed by atoms with E-state index < -0.39 is 0 Å². The topological polar surface area (TPSA) is 13.0 Å². The van der Waals surface area contributed by atoms with Crippen molar-refractivity contribution in [2.75, 3.05) is 19.6 Å². The molecule has 0 fully saturated rings. The molecular weight excluding hydrogens is 1110 g/mol. The third kappa shape index (κ3) is 10.6. The SMILES string of the molecule is CC(C)(C)c1ccc(N(c2ccc(C(C)(C)C)cc2)c2cc3c4c(c2)N(c2ccccc2-c2cc5ccccc5s2)c2ccc(C(C)(C)C)cc2B4c2ccc(N(c4ccccc4)c4ccccc4)cc2N3c2ccc(C(C)(C)C)cc2-c2ccccc2)cc1. The first-order chi connectivity index (χ1) is 43.2. The second-order valence-electron chi connectivity index (χ2n) is 28.7. The summed E-state index contributed by atoms with van der Waals surface area (Å²) in [4.78, 5) is 11.4. The molecule has 0 bridgehead atoms. The van der Waals surface area contributed by atoms with Crippen LogP contribution in [-0.2, 0) is 21.7 Å². The molecule has 0 spiro atoms. The van der Waals surface area contributed by atoms with Gasteiger partial charge < -0.3 is 19.6 Å². The van der Waals surface area contributed by atoms with Crippen LogP contribution in [0.15, 0.2) is 261 Å². The highest BCUT2D eigenvalue weighted by Crippen LogP contribution is 2.53. The molecule has 0 saturated carbocycles. The Hall–Kier alpha value is -9.36. The molecular formula is C84H79BN4S. The van der Waals surface area contributed by atoms with Crippen molar-refractivity contribution in [3.05, 3.63) is 283 Å². The molecule has 12 aromatic rings. The van der Waals surface area contributed by atoms with Gasteiger partial charge in [0.05, 0.1) is 17.1 Å². The lowest BCUT2D eigenvalue weighted by Gasteiger charge is -2.46. The molecule has 2 aliphatic rings. The highest BCUT2D eigenvalue weighted by molar-refractivity contribution is 7.22. The maximum absolute atomic E-state index is 2.65. The zero-order valence-corrected chi connectivity index (χ0v) is 54.9. The van der Waals surface area contributed by atoms with E-state index in [1.165, 1.54) is 70.4 Å². The van der Waals surface area contributed by atoms with Gasteiger partial charge in [0.2, 0.25) is 0 Å². The van der Waals surface area contributed by atoms with Crippen LogP contribution in [0.2, 0.25) is 0 Å². The van der Waals surface area contributed by atoms with Gasteiger partial charge in [-0.05, 0) is 180 Å². The van der Waals surface area contributed by atoms with Crippen molar-refractivity contribution in [2.24, 2.45) is 0 Å². The molecule has 4 nitrogen and oxygen atoms in total. The third-order valence-electron chi connectivity index (χ3n) is 18.5. The van der Waals surface area contributed by atoms with Crippen LogP contribution in [0.5, 0.6) is 0 Å². The second kappa shape index (κ2) is 22.3. The lowest BCUT2D eigenvalue weighted by molar-refractivity contribution is 0.590. The number of anilines is 12. The van der Waals surface area contributed by atoms with Crippen LogP contribution in [0.3, 0.4) is 0 Å². The molecule has 0 atom stereocenters. The summed E-state index contributed by atoms with van der Waals surface area (Å²) in [6, 6.07) is 98.8. The van der Waals surface area contributed by atoms with Gasteiger partial charge in [0.15, 0.2) is 0 Å². The molecule has 11 aromatic carbocycles. The Labute approximate surface area is 538 Å². The number of fused-ring (bicyclic) bond motifs is 5. The van der Waals surface area contributed by atoms with E-state index in [-0.39, 0.29) is 28.4 Å². The first-order valence-corrected chi connectivity index (χ1v) is 32.7. The molecule has 0 amide bonds. The van der Waals surface area contributed by atoms with Crippen molar-refractivity contribution < 1.29 is 0 Å². The Morgan fingerprint density at radius 1 is 0.300 bits per heavy atom. The largest absolute Gasteiger partial charge is 0.311 e. The Bertz CT molecular complexity index is 4510. The van der Waals surface area contributed by atoms with E-state index in [1.807, 2.05) is 11.3 Å². The summed E-state index contributed by atoms with van der Waals surface area (Å²) in [7, 11) is 0. The molecule has 0 N–H and O–H groups in total. The van der Waals surface area contributed by atoms with Crippen molar-refractivity contribution in [3.8, 4) is 21.6 Å². The van der Waals surface area contributed by atoms with Gasteiger partial charge in [0.25, 0.3) is 6.71 Å². The van der Waals surface area contributed by atoms with Crippen LogP contribution < -0.4 is 36.0 Å². The van der Waals surface area contributed by atoms with Gasteiger partial charge in [-0.1, -0.05) is 235 Å². The first-order valence-electron chi connectivity index (χ1n) is 31.9. The predicted molar refractivity (Wildman–Crippen MR) is 391 cm³/mol. The molecule has 1 aromatic heterocycles. The van der Waals surface area contributed by atoms with E-state index in [2.05, 4.69) is 364 Å². The fraction of sp³-hybridized carbons (Fsp3) is 0.190. The molecule has 0 saturated heterocycles. The van der Waals surface area contributed by atoms with E-state index in [4.69, 9.17) is 0 Å². The number of nitrogens with zero attached hydrogens (tertiary/aromatic N) is 4. The normalized spacial score (nSPS) is 13.0. The molecule has 14 rings (SSSR count). The zero-order chi connectivity index (χ0) is 62.4. The monoisotopic (exact) mass is 1190 g/mol. The van der Waals surface area contributed by atoms with Gasteiger partial charge in [-0.15, -0.1) is 11.3 Å². The van der Waals surface area contributed by atoms with E-state index in [0.717, 1.165) is 68.1 Å². The number of benzene rings is 11. The minimum Gasteiger partial charge on any atom is -0.311 e. The summed E-state index contributed by atoms with van der Waals surface area (Å²) in [5, 5.41) is 1.25. The van der Waals surface area contributed by atoms with Gasteiger partial charge in [-0.25, -0.2) is 0 Å². The molecule has 0 aliphatic carbocycles. The summed E-state index contributed by atoms with van der Waals surface area (Å²) >= 11 is 1.87. The maximum Gasteiger partial charge on any atom is 0.252 e. The number of rotatable bonds is 10. The average Bonchev–Trinajstić information content (AvgIpc) is 0.743.